The zero-order valence-electron chi connectivity index (χ0n) is 11.0. The average molecular weight is 298 g/mol. The Kier molecular flexibility index (Phi) is 3.19. The molecule has 0 saturated carbocycles. The van der Waals surface area contributed by atoms with Gasteiger partial charge in [-0.15, -0.1) is 5.10 Å². The van der Waals surface area contributed by atoms with Gasteiger partial charge in [-0.1, -0.05) is 0 Å². The van der Waals surface area contributed by atoms with Crippen LogP contribution in [0.4, 0.5) is 25.1 Å². The highest BCUT2D eigenvalue weighted by Gasteiger charge is 2.31. The van der Waals surface area contributed by atoms with Crippen LogP contribution < -0.4 is 10.6 Å². The molecule has 1 aliphatic rings. The molecule has 112 valence electrons. The molecule has 0 spiro atoms. The Labute approximate surface area is 118 Å². The van der Waals surface area contributed by atoms with E-state index in [4.69, 9.17) is 5.73 Å². The number of anilines is 2. The van der Waals surface area contributed by atoms with E-state index in [9.17, 15) is 13.2 Å². The summed E-state index contributed by atoms with van der Waals surface area (Å²) in [4.78, 5) is 9.87. The third-order valence-electron chi connectivity index (χ3n) is 3.30. The normalized spacial score (nSPS) is 15.7. The van der Waals surface area contributed by atoms with Gasteiger partial charge in [-0.2, -0.15) is 22.8 Å². The summed E-state index contributed by atoms with van der Waals surface area (Å²) in [5.41, 5.74) is 4.95. The molecular formula is C12H13F3N6. The Balaban J connectivity index is 1.89. The number of aromatic nitrogens is 4. The maximum Gasteiger partial charge on any atom is 0.417 e. The van der Waals surface area contributed by atoms with Crippen LogP contribution >= 0.6 is 0 Å². The fourth-order valence-corrected chi connectivity index (χ4v) is 2.21. The van der Waals surface area contributed by atoms with Gasteiger partial charge in [0.05, 0.1) is 5.56 Å². The fourth-order valence-electron chi connectivity index (χ4n) is 2.21. The number of hydrogen-bond donors (Lipinski definition) is 1. The lowest BCUT2D eigenvalue weighted by molar-refractivity contribution is -0.137. The van der Waals surface area contributed by atoms with E-state index < -0.39 is 11.7 Å². The van der Waals surface area contributed by atoms with Gasteiger partial charge in [0.2, 0.25) is 11.9 Å². The topological polar surface area (TPSA) is 72.9 Å². The van der Waals surface area contributed by atoms with Crippen LogP contribution in [0, 0.1) is 0 Å². The molecule has 2 aromatic heterocycles. The van der Waals surface area contributed by atoms with Crippen molar-refractivity contribution in [1.29, 1.82) is 0 Å². The molecule has 0 atom stereocenters. The van der Waals surface area contributed by atoms with E-state index >= 15 is 0 Å². The Bertz CT molecular complexity index is 627. The number of rotatable bonds is 2. The maximum absolute atomic E-state index is 12.5. The lowest BCUT2D eigenvalue weighted by Gasteiger charge is -2.10. The Morgan fingerprint density at radius 1 is 1.14 bits per heavy atom. The lowest BCUT2D eigenvalue weighted by Crippen LogP contribution is -2.19. The number of nitrogens with zero attached hydrogens (tertiary/aromatic N) is 5. The first-order chi connectivity index (χ1) is 9.95. The molecule has 1 fully saturated rings. The summed E-state index contributed by atoms with van der Waals surface area (Å²) < 4.78 is 38.8. The molecule has 0 unspecified atom stereocenters. The van der Waals surface area contributed by atoms with Gasteiger partial charge in [0, 0.05) is 19.3 Å². The molecule has 0 aliphatic carbocycles. The third kappa shape index (κ3) is 2.63. The number of halogens is 3. The molecule has 9 heteroatoms. The first-order valence-electron chi connectivity index (χ1n) is 6.46. The van der Waals surface area contributed by atoms with E-state index in [0.29, 0.717) is 5.95 Å². The fraction of sp³-hybridized carbons (Fsp3) is 0.417. The summed E-state index contributed by atoms with van der Waals surface area (Å²) in [6.07, 6.45) is -1.54. The average Bonchev–Trinajstić information content (AvgIpc) is 3.07. The summed E-state index contributed by atoms with van der Waals surface area (Å²) in [7, 11) is 0. The van der Waals surface area contributed by atoms with Gasteiger partial charge in [0.1, 0.15) is 0 Å². The van der Waals surface area contributed by atoms with Crippen LogP contribution in [0.15, 0.2) is 18.3 Å². The quantitative estimate of drug-likeness (QED) is 0.916. The van der Waals surface area contributed by atoms with Crippen molar-refractivity contribution in [2.24, 2.45) is 0 Å². The van der Waals surface area contributed by atoms with E-state index in [1.165, 1.54) is 10.7 Å². The molecule has 2 aromatic rings. The third-order valence-corrected chi connectivity index (χ3v) is 3.30. The van der Waals surface area contributed by atoms with Gasteiger partial charge in [0.15, 0.2) is 5.82 Å². The van der Waals surface area contributed by atoms with E-state index in [-0.39, 0.29) is 11.8 Å². The molecule has 3 heterocycles. The van der Waals surface area contributed by atoms with Crippen LogP contribution in [0.25, 0.3) is 5.82 Å². The van der Waals surface area contributed by atoms with Gasteiger partial charge < -0.3 is 10.6 Å². The maximum atomic E-state index is 12.5. The van der Waals surface area contributed by atoms with Crippen molar-refractivity contribution in [1.82, 2.24) is 19.7 Å². The zero-order chi connectivity index (χ0) is 15.0. The number of nitrogens with two attached hydrogens (primary N) is 1. The summed E-state index contributed by atoms with van der Waals surface area (Å²) in [5.74, 6) is 0.786. The van der Waals surface area contributed by atoms with E-state index in [0.717, 1.165) is 38.2 Å². The molecule has 1 saturated heterocycles. The van der Waals surface area contributed by atoms with Gasteiger partial charge >= 0.3 is 6.18 Å². The summed E-state index contributed by atoms with van der Waals surface area (Å²) in [6.45, 7) is 1.70. The minimum Gasteiger partial charge on any atom is -0.368 e. The highest BCUT2D eigenvalue weighted by atomic mass is 19.4. The molecule has 21 heavy (non-hydrogen) atoms. The number of alkyl halides is 3. The van der Waals surface area contributed by atoms with Crippen molar-refractivity contribution >= 4 is 11.9 Å². The molecular weight excluding hydrogens is 285 g/mol. The molecule has 2 N–H and O–H groups in total. The van der Waals surface area contributed by atoms with E-state index in [1.807, 2.05) is 4.90 Å². The lowest BCUT2D eigenvalue weighted by atomic mass is 10.3. The summed E-state index contributed by atoms with van der Waals surface area (Å²) >= 11 is 0. The van der Waals surface area contributed by atoms with Crippen molar-refractivity contribution in [3.05, 3.63) is 23.9 Å². The second-order valence-electron chi connectivity index (χ2n) is 4.78. The molecule has 0 aromatic carbocycles. The van der Waals surface area contributed by atoms with Crippen molar-refractivity contribution in [2.45, 2.75) is 19.0 Å². The van der Waals surface area contributed by atoms with Gasteiger partial charge in [-0.3, -0.25) is 0 Å². The molecule has 3 rings (SSSR count). The summed E-state index contributed by atoms with van der Waals surface area (Å²) in [6, 6.07) is 2.17. The van der Waals surface area contributed by atoms with Crippen molar-refractivity contribution in [3.63, 3.8) is 0 Å². The second-order valence-corrected chi connectivity index (χ2v) is 4.78. The first kappa shape index (κ1) is 13.7. The molecule has 6 nitrogen and oxygen atoms in total. The van der Waals surface area contributed by atoms with Gasteiger partial charge in [0.25, 0.3) is 0 Å². The number of hydrogen-bond acceptors (Lipinski definition) is 5. The SMILES string of the molecule is Nc1nc(N2CCCC2)nn1-c1ccc(C(F)(F)F)cn1. The largest absolute Gasteiger partial charge is 0.417 e. The van der Waals surface area contributed by atoms with E-state index in [2.05, 4.69) is 15.1 Å². The number of nitrogen functional groups attached to an aromatic ring is 1. The molecule has 0 amide bonds. The Hall–Kier alpha value is -2.32. The van der Waals surface area contributed by atoms with Crippen molar-refractivity contribution in [3.8, 4) is 5.82 Å². The standard InChI is InChI=1S/C12H13F3N6/c13-12(14,15)8-3-4-9(17-7-8)21-10(16)18-11(19-21)20-5-1-2-6-20/h3-4,7H,1-2,5-6H2,(H2,16,18,19). The van der Waals surface area contributed by atoms with Crippen LogP contribution in [0.1, 0.15) is 18.4 Å². The molecule has 0 bridgehead atoms. The van der Waals surface area contributed by atoms with Crippen LogP contribution in [0.5, 0.6) is 0 Å². The Morgan fingerprint density at radius 3 is 2.43 bits per heavy atom. The molecule has 0 radical (unpaired) electrons. The van der Waals surface area contributed by atoms with Gasteiger partial charge in [-0.05, 0) is 25.0 Å². The van der Waals surface area contributed by atoms with Crippen LogP contribution in [0.2, 0.25) is 0 Å². The predicted octanol–water partition coefficient (Wildman–Crippen LogP) is 1.86. The summed E-state index contributed by atoms with van der Waals surface area (Å²) in [5, 5.41) is 4.22. The minimum atomic E-state index is -4.42. The van der Waals surface area contributed by atoms with E-state index in [1.54, 1.807) is 0 Å². The highest BCUT2D eigenvalue weighted by Crippen LogP contribution is 2.29. The van der Waals surface area contributed by atoms with Crippen LogP contribution in [0.3, 0.4) is 0 Å². The highest BCUT2D eigenvalue weighted by molar-refractivity contribution is 5.41. The molecule has 1 aliphatic heterocycles. The number of pyridine rings is 1. The first-order valence-corrected chi connectivity index (χ1v) is 6.46. The minimum absolute atomic E-state index is 0.101. The van der Waals surface area contributed by atoms with Crippen LogP contribution in [-0.2, 0) is 6.18 Å². The monoisotopic (exact) mass is 298 g/mol. The van der Waals surface area contributed by atoms with Crippen molar-refractivity contribution < 1.29 is 13.2 Å². The second kappa shape index (κ2) is 4.90. The van der Waals surface area contributed by atoms with Gasteiger partial charge in [-0.25, -0.2) is 4.98 Å². The Morgan fingerprint density at radius 2 is 1.86 bits per heavy atom. The smallest absolute Gasteiger partial charge is 0.368 e. The van der Waals surface area contributed by atoms with Crippen molar-refractivity contribution in [2.75, 3.05) is 23.7 Å². The predicted molar refractivity (Wildman–Crippen MR) is 70.0 cm³/mol. The zero-order valence-corrected chi connectivity index (χ0v) is 11.0. The van der Waals surface area contributed by atoms with Crippen LogP contribution in [-0.4, -0.2) is 32.8 Å².